The van der Waals surface area contributed by atoms with Crippen molar-refractivity contribution in [2.75, 3.05) is 20.6 Å². The number of nitrogens with one attached hydrogen (secondary N) is 2. The summed E-state index contributed by atoms with van der Waals surface area (Å²) in [7, 11) is 3.18. The van der Waals surface area contributed by atoms with E-state index in [2.05, 4.69) is 10.6 Å². The van der Waals surface area contributed by atoms with Crippen molar-refractivity contribution in [3.05, 3.63) is 35.9 Å². The second-order valence-corrected chi connectivity index (χ2v) is 5.85. The maximum Gasteiger partial charge on any atom is 0.288 e. The summed E-state index contributed by atoms with van der Waals surface area (Å²) in [6.07, 6.45) is 0. The molecule has 1 rings (SSSR count). The molecular weight excluding hydrogens is 310 g/mol. The zero-order valence-corrected chi connectivity index (χ0v) is 14.3. The smallest absolute Gasteiger partial charge is 0.288 e. The predicted octanol–water partition coefficient (Wildman–Crippen LogP) is 0.273. The first-order chi connectivity index (χ1) is 11.2. The Balaban J connectivity index is 2.74. The molecule has 0 saturated heterocycles. The molecule has 1 aromatic carbocycles. The molecule has 1 atom stereocenters. The van der Waals surface area contributed by atoms with E-state index in [4.69, 9.17) is 0 Å². The molecule has 0 fully saturated rings. The van der Waals surface area contributed by atoms with Gasteiger partial charge in [0.1, 0.15) is 6.04 Å². The first-order valence-corrected chi connectivity index (χ1v) is 7.61. The van der Waals surface area contributed by atoms with Crippen LogP contribution in [-0.2, 0) is 19.2 Å². The minimum atomic E-state index is -0.855. The van der Waals surface area contributed by atoms with Gasteiger partial charge in [0.2, 0.25) is 17.6 Å². The molecular formula is C17H23N3O4. The third-order valence-electron chi connectivity index (χ3n) is 3.28. The minimum Gasteiger partial charge on any atom is -0.347 e. The Hall–Kier alpha value is -2.70. The molecule has 0 aromatic heterocycles. The molecule has 0 heterocycles. The molecule has 0 aliphatic carbocycles. The first-order valence-electron chi connectivity index (χ1n) is 7.61. The summed E-state index contributed by atoms with van der Waals surface area (Å²) in [5, 5.41) is 4.84. The summed E-state index contributed by atoms with van der Waals surface area (Å²) >= 11 is 0. The molecule has 0 saturated carbocycles. The van der Waals surface area contributed by atoms with Crippen LogP contribution in [0, 0.1) is 5.92 Å². The van der Waals surface area contributed by atoms with Crippen LogP contribution in [0.2, 0.25) is 0 Å². The maximum atomic E-state index is 12.3. The Morgan fingerprint density at radius 3 is 2.12 bits per heavy atom. The zero-order chi connectivity index (χ0) is 18.3. The molecule has 0 bridgehead atoms. The van der Waals surface area contributed by atoms with E-state index < -0.39 is 29.6 Å². The van der Waals surface area contributed by atoms with Crippen molar-refractivity contribution < 1.29 is 19.2 Å². The molecule has 1 aromatic rings. The summed E-state index contributed by atoms with van der Waals surface area (Å²) in [6.45, 7) is 2.83. The second kappa shape index (κ2) is 8.81. The number of hydrogen-bond donors (Lipinski definition) is 2. The molecule has 7 nitrogen and oxygen atoms in total. The summed E-state index contributed by atoms with van der Waals surface area (Å²) in [4.78, 5) is 48.8. The Morgan fingerprint density at radius 1 is 1.04 bits per heavy atom. The summed E-state index contributed by atoms with van der Waals surface area (Å²) in [6, 6.07) is 7.94. The van der Waals surface area contributed by atoms with Crippen molar-refractivity contribution in [1.82, 2.24) is 15.5 Å². The Morgan fingerprint density at radius 2 is 1.62 bits per heavy atom. The van der Waals surface area contributed by atoms with E-state index in [0.717, 1.165) is 0 Å². The van der Waals surface area contributed by atoms with E-state index in [1.54, 1.807) is 58.3 Å². The van der Waals surface area contributed by atoms with Crippen LogP contribution >= 0.6 is 0 Å². The van der Waals surface area contributed by atoms with Crippen LogP contribution in [0.5, 0.6) is 0 Å². The van der Waals surface area contributed by atoms with E-state index in [-0.39, 0.29) is 12.5 Å². The lowest BCUT2D eigenvalue weighted by molar-refractivity contribution is -0.140. The quantitative estimate of drug-likeness (QED) is 0.700. The summed E-state index contributed by atoms with van der Waals surface area (Å²) in [5.74, 6) is -2.69. The van der Waals surface area contributed by atoms with Gasteiger partial charge in [-0.2, -0.15) is 0 Å². The molecule has 24 heavy (non-hydrogen) atoms. The Bertz CT molecular complexity index is 612. The Labute approximate surface area is 141 Å². The molecule has 3 amide bonds. The average Bonchev–Trinajstić information content (AvgIpc) is 2.56. The third-order valence-corrected chi connectivity index (χ3v) is 3.28. The fourth-order valence-corrected chi connectivity index (χ4v) is 1.91. The molecule has 0 unspecified atom stereocenters. The molecule has 0 spiro atoms. The van der Waals surface area contributed by atoms with Gasteiger partial charge in [0.05, 0.1) is 6.54 Å². The lowest BCUT2D eigenvalue weighted by Crippen LogP contribution is -2.45. The Kier molecular flexibility index (Phi) is 7.10. The van der Waals surface area contributed by atoms with Crippen LogP contribution in [0.3, 0.4) is 0 Å². The number of carbonyl (C=O) groups is 4. The van der Waals surface area contributed by atoms with Crippen LogP contribution in [0.15, 0.2) is 30.3 Å². The fraction of sp³-hybridized carbons (Fsp3) is 0.412. The normalized spacial score (nSPS) is 11.5. The van der Waals surface area contributed by atoms with Gasteiger partial charge in [0.15, 0.2) is 0 Å². The maximum absolute atomic E-state index is 12.3. The standard InChI is InChI=1S/C17H23N3O4/c1-11(2)15(22)16(23)18-10-13(21)19-14(17(24)20(3)4)12-8-6-5-7-9-12/h5-9,11,14H,10H2,1-4H3,(H,18,23)(H,19,21)/t14-/m0/s1. The number of carbonyl (C=O) groups excluding carboxylic acids is 4. The van der Waals surface area contributed by atoms with Crippen molar-refractivity contribution in [1.29, 1.82) is 0 Å². The number of amides is 3. The van der Waals surface area contributed by atoms with Crippen molar-refractivity contribution in [3.8, 4) is 0 Å². The van der Waals surface area contributed by atoms with E-state index in [1.807, 2.05) is 0 Å². The van der Waals surface area contributed by atoms with Crippen molar-refractivity contribution in [2.45, 2.75) is 19.9 Å². The first kappa shape index (κ1) is 19.3. The van der Waals surface area contributed by atoms with Crippen molar-refractivity contribution in [2.24, 2.45) is 5.92 Å². The highest BCUT2D eigenvalue weighted by Crippen LogP contribution is 2.14. The van der Waals surface area contributed by atoms with Gasteiger partial charge in [-0.25, -0.2) is 0 Å². The fourth-order valence-electron chi connectivity index (χ4n) is 1.91. The average molecular weight is 333 g/mol. The van der Waals surface area contributed by atoms with Crippen LogP contribution in [0.1, 0.15) is 25.5 Å². The van der Waals surface area contributed by atoms with E-state index in [1.165, 1.54) is 4.90 Å². The third kappa shape index (κ3) is 5.49. The van der Waals surface area contributed by atoms with Crippen molar-refractivity contribution >= 4 is 23.5 Å². The highest BCUT2D eigenvalue weighted by Gasteiger charge is 2.25. The number of likely N-dealkylation sites (N-methyl/N-ethyl adjacent to an activating group) is 1. The topological polar surface area (TPSA) is 95.6 Å². The number of nitrogens with zero attached hydrogens (tertiary/aromatic N) is 1. The summed E-state index contributed by atoms with van der Waals surface area (Å²) in [5.41, 5.74) is 0.633. The molecule has 2 N–H and O–H groups in total. The minimum absolute atomic E-state index is 0.292. The molecule has 7 heteroatoms. The second-order valence-electron chi connectivity index (χ2n) is 5.85. The van der Waals surface area contributed by atoms with Crippen LogP contribution in [0.25, 0.3) is 0 Å². The van der Waals surface area contributed by atoms with Crippen molar-refractivity contribution in [3.63, 3.8) is 0 Å². The molecule has 0 aliphatic rings. The predicted molar refractivity (Wildman–Crippen MR) is 88.9 cm³/mol. The van der Waals surface area contributed by atoms with E-state index in [9.17, 15) is 19.2 Å². The van der Waals surface area contributed by atoms with Crippen LogP contribution in [0.4, 0.5) is 0 Å². The van der Waals surface area contributed by atoms with E-state index >= 15 is 0 Å². The number of rotatable bonds is 7. The summed E-state index contributed by atoms with van der Waals surface area (Å²) < 4.78 is 0. The van der Waals surface area contributed by atoms with Gasteiger partial charge in [-0.05, 0) is 5.56 Å². The lowest BCUT2D eigenvalue weighted by atomic mass is 10.1. The van der Waals surface area contributed by atoms with Gasteiger partial charge >= 0.3 is 0 Å². The van der Waals surface area contributed by atoms with Gasteiger partial charge < -0.3 is 15.5 Å². The molecule has 130 valence electrons. The van der Waals surface area contributed by atoms with Gasteiger partial charge in [-0.1, -0.05) is 44.2 Å². The number of Topliss-reactive ketones (excluding diaryl/α,β-unsaturated/α-hetero) is 1. The zero-order valence-electron chi connectivity index (χ0n) is 14.3. The highest BCUT2D eigenvalue weighted by atomic mass is 16.2. The molecule has 0 radical (unpaired) electrons. The lowest BCUT2D eigenvalue weighted by Gasteiger charge is -2.22. The highest BCUT2D eigenvalue weighted by molar-refractivity contribution is 6.37. The van der Waals surface area contributed by atoms with Crippen LogP contribution in [-0.4, -0.2) is 49.0 Å². The number of ketones is 1. The van der Waals surface area contributed by atoms with Gasteiger partial charge in [0, 0.05) is 20.0 Å². The monoisotopic (exact) mass is 333 g/mol. The largest absolute Gasteiger partial charge is 0.347 e. The van der Waals surface area contributed by atoms with Gasteiger partial charge in [-0.3, -0.25) is 19.2 Å². The van der Waals surface area contributed by atoms with Crippen LogP contribution < -0.4 is 10.6 Å². The van der Waals surface area contributed by atoms with Gasteiger partial charge in [0.25, 0.3) is 5.91 Å². The SMILES string of the molecule is CC(C)C(=O)C(=O)NCC(=O)N[C@H](C(=O)N(C)C)c1ccccc1. The van der Waals surface area contributed by atoms with Gasteiger partial charge in [-0.15, -0.1) is 0 Å². The number of benzene rings is 1. The number of hydrogen-bond acceptors (Lipinski definition) is 4. The molecule has 0 aliphatic heterocycles. The van der Waals surface area contributed by atoms with E-state index in [0.29, 0.717) is 5.56 Å².